The number of hydrogen-bond acceptors (Lipinski definition) is 4. The van der Waals surface area contributed by atoms with Gasteiger partial charge < -0.3 is 10.4 Å². The van der Waals surface area contributed by atoms with Gasteiger partial charge in [-0.3, -0.25) is 9.80 Å². The van der Waals surface area contributed by atoms with Gasteiger partial charge in [-0.15, -0.1) is 0 Å². The van der Waals surface area contributed by atoms with E-state index in [4.69, 9.17) is 0 Å². The first kappa shape index (κ1) is 12.9. The highest BCUT2D eigenvalue weighted by molar-refractivity contribution is 5.26. The fourth-order valence-electron chi connectivity index (χ4n) is 3.36. The number of likely N-dealkylation sites (N-methyl/N-ethyl adjacent to an activating group) is 1. The summed E-state index contributed by atoms with van der Waals surface area (Å²) in [7, 11) is 2.06. The van der Waals surface area contributed by atoms with Gasteiger partial charge in [-0.1, -0.05) is 12.1 Å². The van der Waals surface area contributed by atoms with E-state index in [0.717, 1.165) is 6.42 Å². The van der Waals surface area contributed by atoms with Crippen molar-refractivity contribution in [1.29, 1.82) is 0 Å². The van der Waals surface area contributed by atoms with E-state index in [9.17, 15) is 5.11 Å². The Hall–Kier alpha value is -1.10. The predicted octanol–water partition coefficient (Wildman–Crippen LogP) is 0.522. The summed E-state index contributed by atoms with van der Waals surface area (Å²) in [5.74, 6) is 0.344. The van der Waals surface area contributed by atoms with Crippen LogP contribution in [-0.4, -0.2) is 66.8 Å². The van der Waals surface area contributed by atoms with Crippen LogP contribution in [0.3, 0.4) is 0 Å². The van der Waals surface area contributed by atoms with Crippen LogP contribution < -0.4 is 5.32 Å². The maximum Gasteiger partial charge on any atom is 0.115 e. The van der Waals surface area contributed by atoms with Crippen LogP contribution in [0, 0.1) is 0 Å². The molecule has 0 aromatic heterocycles. The average Bonchev–Trinajstić information content (AvgIpc) is 2.48. The van der Waals surface area contributed by atoms with Crippen LogP contribution >= 0.6 is 0 Å². The second-order valence-corrected chi connectivity index (χ2v) is 5.67. The van der Waals surface area contributed by atoms with Crippen LogP contribution in [0.2, 0.25) is 0 Å². The van der Waals surface area contributed by atoms with Gasteiger partial charge in [0.05, 0.1) is 0 Å². The van der Waals surface area contributed by atoms with E-state index >= 15 is 0 Å². The molecular weight excluding hydrogens is 238 g/mol. The van der Waals surface area contributed by atoms with Gasteiger partial charge in [-0.2, -0.15) is 0 Å². The molecule has 4 nitrogen and oxygen atoms in total. The van der Waals surface area contributed by atoms with Crippen LogP contribution in [0.5, 0.6) is 5.75 Å². The van der Waals surface area contributed by atoms with Crippen molar-refractivity contribution >= 4 is 0 Å². The lowest BCUT2D eigenvalue weighted by Gasteiger charge is -2.50. The molecule has 0 aliphatic carbocycles. The lowest BCUT2D eigenvalue weighted by atomic mass is 9.94. The molecule has 0 spiro atoms. The van der Waals surface area contributed by atoms with Gasteiger partial charge in [0.25, 0.3) is 0 Å². The van der Waals surface area contributed by atoms with E-state index < -0.39 is 0 Å². The van der Waals surface area contributed by atoms with Gasteiger partial charge in [0.15, 0.2) is 0 Å². The molecule has 4 heteroatoms. The molecule has 0 amide bonds. The number of phenolic OH excluding ortho intramolecular Hbond substituents is 1. The number of piperazine rings is 3. The normalized spacial score (nSPS) is 31.3. The van der Waals surface area contributed by atoms with E-state index in [-0.39, 0.29) is 0 Å². The van der Waals surface area contributed by atoms with Gasteiger partial charge in [-0.25, -0.2) is 0 Å². The molecule has 3 fully saturated rings. The maximum atomic E-state index is 9.35. The van der Waals surface area contributed by atoms with Crippen LogP contribution in [0.1, 0.15) is 5.56 Å². The number of hydrogen-bond donors (Lipinski definition) is 2. The van der Waals surface area contributed by atoms with Crippen LogP contribution in [0.4, 0.5) is 0 Å². The molecule has 2 atom stereocenters. The fraction of sp³-hybridized carbons (Fsp3) is 0.600. The van der Waals surface area contributed by atoms with Crippen LogP contribution in [-0.2, 0) is 6.42 Å². The molecular formula is C15H23N3O. The van der Waals surface area contributed by atoms with Gasteiger partial charge >= 0.3 is 0 Å². The van der Waals surface area contributed by atoms with Gasteiger partial charge in [-0.05, 0) is 31.2 Å². The molecule has 3 saturated heterocycles. The van der Waals surface area contributed by atoms with Crippen molar-refractivity contribution in [2.24, 2.45) is 0 Å². The van der Waals surface area contributed by atoms with Crippen molar-refractivity contribution in [3.63, 3.8) is 0 Å². The van der Waals surface area contributed by atoms with Crippen molar-refractivity contribution in [2.45, 2.75) is 18.5 Å². The Balaban J connectivity index is 1.68. The van der Waals surface area contributed by atoms with Crippen molar-refractivity contribution in [2.75, 3.05) is 39.8 Å². The number of aromatic hydroxyl groups is 1. The number of nitrogens with one attached hydrogen (secondary N) is 1. The third kappa shape index (κ3) is 2.76. The highest BCUT2D eigenvalue weighted by atomic mass is 16.3. The summed E-state index contributed by atoms with van der Waals surface area (Å²) in [4.78, 5) is 5.20. The Labute approximate surface area is 115 Å². The molecule has 4 rings (SSSR count). The summed E-state index contributed by atoms with van der Waals surface area (Å²) >= 11 is 0. The molecule has 3 aliphatic rings. The van der Waals surface area contributed by atoms with Crippen molar-refractivity contribution in [1.82, 2.24) is 15.1 Å². The van der Waals surface area contributed by atoms with Crippen LogP contribution in [0.25, 0.3) is 0 Å². The summed E-state index contributed by atoms with van der Waals surface area (Å²) in [5, 5.41) is 12.8. The smallest absolute Gasteiger partial charge is 0.115 e. The molecule has 19 heavy (non-hydrogen) atoms. The van der Waals surface area contributed by atoms with Gasteiger partial charge in [0.1, 0.15) is 5.75 Å². The zero-order chi connectivity index (χ0) is 13.2. The summed E-state index contributed by atoms with van der Waals surface area (Å²) < 4.78 is 0. The molecule has 3 heterocycles. The first-order chi connectivity index (χ1) is 9.26. The minimum atomic E-state index is 0.344. The summed E-state index contributed by atoms with van der Waals surface area (Å²) in [6, 6.07) is 8.69. The zero-order valence-electron chi connectivity index (χ0n) is 11.5. The molecule has 104 valence electrons. The van der Waals surface area contributed by atoms with E-state index in [1.807, 2.05) is 12.1 Å². The second-order valence-electron chi connectivity index (χ2n) is 5.67. The molecule has 2 unspecified atom stereocenters. The number of nitrogens with zero attached hydrogens (tertiary/aromatic N) is 2. The summed E-state index contributed by atoms with van der Waals surface area (Å²) in [6.45, 7) is 6.05. The average molecular weight is 261 g/mol. The number of rotatable bonds is 4. The predicted molar refractivity (Wildman–Crippen MR) is 76.5 cm³/mol. The largest absolute Gasteiger partial charge is 0.508 e. The Morgan fingerprint density at radius 1 is 1.21 bits per heavy atom. The van der Waals surface area contributed by atoms with E-state index in [1.54, 1.807) is 12.1 Å². The first-order valence-electron chi connectivity index (χ1n) is 7.18. The van der Waals surface area contributed by atoms with Crippen molar-refractivity contribution in [3.05, 3.63) is 29.8 Å². The monoisotopic (exact) mass is 261 g/mol. The quantitative estimate of drug-likeness (QED) is 0.829. The molecule has 0 radical (unpaired) electrons. The van der Waals surface area contributed by atoms with Crippen molar-refractivity contribution in [3.8, 4) is 5.75 Å². The molecule has 1 aromatic carbocycles. The number of benzene rings is 1. The van der Waals surface area contributed by atoms with E-state index in [2.05, 4.69) is 22.2 Å². The SMILES string of the molecule is CNC(Cc1ccc(O)cc1)C1CN2CCN1CC2. The Morgan fingerprint density at radius 3 is 2.42 bits per heavy atom. The van der Waals surface area contributed by atoms with E-state index in [1.165, 1.54) is 38.3 Å². The Morgan fingerprint density at radius 2 is 1.89 bits per heavy atom. The molecule has 0 saturated carbocycles. The molecule has 2 bridgehead atoms. The maximum absolute atomic E-state index is 9.35. The Bertz CT molecular complexity index is 412. The minimum absolute atomic E-state index is 0.344. The highest BCUT2D eigenvalue weighted by Gasteiger charge is 2.35. The molecule has 2 N–H and O–H groups in total. The topological polar surface area (TPSA) is 38.7 Å². The summed E-state index contributed by atoms with van der Waals surface area (Å²) in [6.07, 6.45) is 1.02. The van der Waals surface area contributed by atoms with Gasteiger partial charge in [0.2, 0.25) is 0 Å². The molecule has 3 aliphatic heterocycles. The fourth-order valence-corrected chi connectivity index (χ4v) is 3.36. The lowest BCUT2D eigenvalue weighted by Crippen LogP contribution is -2.66. The lowest BCUT2D eigenvalue weighted by molar-refractivity contribution is -0.00202. The van der Waals surface area contributed by atoms with Crippen LogP contribution in [0.15, 0.2) is 24.3 Å². The highest BCUT2D eigenvalue weighted by Crippen LogP contribution is 2.21. The standard InChI is InChI=1S/C15H23N3O/c1-16-14(10-12-2-4-13(19)5-3-12)15-11-17-6-8-18(15)9-7-17/h2-5,14-16,19H,6-11H2,1H3. The first-order valence-corrected chi connectivity index (χ1v) is 7.18. The minimum Gasteiger partial charge on any atom is -0.508 e. The summed E-state index contributed by atoms with van der Waals surface area (Å²) in [5.41, 5.74) is 1.29. The number of fused-ring (bicyclic) bond motifs is 3. The van der Waals surface area contributed by atoms with E-state index in [0.29, 0.717) is 17.8 Å². The molecule has 1 aromatic rings. The number of phenols is 1. The van der Waals surface area contributed by atoms with Gasteiger partial charge in [0, 0.05) is 44.8 Å². The third-order valence-electron chi connectivity index (χ3n) is 4.55. The van der Waals surface area contributed by atoms with Crippen molar-refractivity contribution < 1.29 is 5.11 Å². The zero-order valence-corrected chi connectivity index (χ0v) is 11.5. The third-order valence-corrected chi connectivity index (χ3v) is 4.55. The Kier molecular flexibility index (Phi) is 3.73. The second kappa shape index (κ2) is 5.49.